The lowest BCUT2D eigenvalue weighted by atomic mass is 10.1. The third-order valence-electron chi connectivity index (χ3n) is 4.87. The van der Waals surface area contributed by atoms with Gasteiger partial charge in [-0.05, 0) is 24.1 Å². The molecule has 0 unspecified atom stereocenters. The zero-order chi connectivity index (χ0) is 20.8. The molecule has 3 rings (SSSR count). The van der Waals surface area contributed by atoms with Crippen molar-refractivity contribution in [3.8, 4) is 11.5 Å². The average molecular weight is 419 g/mol. The number of rotatable bonds is 9. The van der Waals surface area contributed by atoms with Gasteiger partial charge in [-0.25, -0.2) is 0 Å². The van der Waals surface area contributed by atoms with Gasteiger partial charge in [0.15, 0.2) is 11.5 Å². The molecule has 2 aromatic rings. The van der Waals surface area contributed by atoms with Crippen LogP contribution in [0.25, 0.3) is 0 Å². The normalized spacial score (nSPS) is 16.2. The Balaban J connectivity index is 1.58. The van der Waals surface area contributed by atoms with Gasteiger partial charge >= 0.3 is 0 Å². The third-order valence-corrected chi connectivity index (χ3v) is 5.71. The Kier molecular flexibility index (Phi) is 7.03. The number of nitrogens with one attached hydrogen (secondary N) is 1. The second-order valence-electron chi connectivity index (χ2n) is 6.95. The molecule has 29 heavy (non-hydrogen) atoms. The van der Waals surface area contributed by atoms with Crippen LogP contribution in [0, 0.1) is 5.92 Å². The van der Waals surface area contributed by atoms with Crippen molar-refractivity contribution in [2.45, 2.75) is 32.6 Å². The number of aromatic nitrogens is 2. The van der Waals surface area contributed by atoms with E-state index in [0.29, 0.717) is 36.1 Å². The van der Waals surface area contributed by atoms with Crippen LogP contribution in [-0.4, -0.2) is 54.2 Å². The number of likely N-dealkylation sites (tertiary alicyclic amines) is 1. The predicted octanol–water partition coefficient (Wildman–Crippen LogP) is 2.73. The second-order valence-corrected chi connectivity index (χ2v) is 8.01. The van der Waals surface area contributed by atoms with Gasteiger partial charge in [0, 0.05) is 25.9 Å². The van der Waals surface area contributed by atoms with Gasteiger partial charge < -0.3 is 19.7 Å². The lowest BCUT2D eigenvalue weighted by Crippen LogP contribution is -2.29. The highest BCUT2D eigenvalue weighted by molar-refractivity contribution is 7.15. The summed E-state index contributed by atoms with van der Waals surface area (Å²) in [5.41, 5.74) is 1.00. The van der Waals surface area contributed by atoms with Crippen LogP contribution in [0.1, 0.15) is 36.8 Å². The lowest BCUT2D eigenvalue weighted by Gasteiger charge is -2.15. The lowest BCUT2D eigenvalue weighted by molar-refractivity contribution is -0.128. The highest BCUT2D eigenvalue weighted by Crippen LogP contribution is 2.29. The number of anilines is 1. The maximum absolute atomic E-state index is 12.5. The molecular weight excluding hydrogens is 392 g/mol. The van der Waals surface area contributed by atoms with Crippen molar-refractivity contribution >= 4 is 28.3 Å². The minimum absolute atomic E-state index is 0.0463. The van der Waals surface area contributed by atoms with Crippen LogP contribution in [0.4, 0.5) is 5.13 Å². The first-order chi connectivity index (χ1) is 14.0. The Morgan fingerprint density at radius 1 is 1.28 bits per heavy atom. The number of methoxy groups -OCH3 is 2. The van der Waals surface area contributed by atoms with E-state index in [0.717, 1.165) is 23.4 Å². The van der Waals surface area contributed by atoms with Crippen LogP contribution < -0.4 is 14.8 Å². The van der Waals surface area contributed by atoms with E-state index in [1.807, 2.05) is 18.2 Å². The maximum atomic E-state index is 12.5. The number of hydrogen-bond donors (Lipinski definition) is 1. The van der Waals surface area contributed by atoms with Crippen LogP contribution in [0.2, 0.25) is 0 Å². The van der Waals surface area contributed by atoms with Crippen LogP contribution in [0.5, 0.6) is 11.5 Å². The highest BCUT2D eigenvalue weighted by Gasteiger charge is 2.34. The molecule has 0 spiro atoms. The Labute approximate surface area is 174 Å². The first kappa shape index (κ1) is 21.0. The summed E-state index contributed by atoms with van der Waals surface area (Å²) in [5, 5.41) is 12.3. The van der Waals surface area contributed by atoms with Crippen molar-refractivity contribution in [3.05, 3.63) is 28.8 Å². The van der Waals surface area contributed by atoms with Crippen molar-refractivity contribution in [1.29, 1.82) is 0 Å². The summed E-state index contributed by atoms with van der Waals surface area (Å²) in [6.07, 6.45) is 2.80. The van der Waals surface area contributed by atoms with Crippen molar-refractivity contribution in [2.75, 3.05) is 32.6 Å². The molecule has 1 fully saturated rings. The van der Waals surface area contributed by atoms with Crippen LogP contribution >= 0.6 is 11.3 Å². The molecule has 2 heterocycles. The van der Waals surface area contributed by atoms with Gasteiger partial charge in [0.25, 0.3) is 0 Å². The van der Waals surface area contributed by atoms with E-state index in [4.69, 9.17) is 9.47 Å². The molecule has 1 aromatic heterocycles. The number of hydrogen-bond acceptors (Lipinski definition) is 7. The van der Waals surface area contributed by atoms with Gasteiger partial charge in [0.05, 0.1) is 20.1 Å². The quantitative estimate of drug-likeness (QED) is 0.673. The number of carbonyl (C=O) groups excluding carboxylic acids is 2. The maximum Gasteiger partial charge on any atom is 0.231 e. The summed E-state index contributed by atoms with van der Waals surface area (Å²) in [6.45, 7) is 3.27. The molecule has 0 aliphatic carbocycles. The number of nitrogens with zero attached hydrogens (tertiary/aromatic N) is 3. The molecular formula is C20H26N4O4S. The van der Waals surface area contributed by atoms with Crippen LogP contribution in [0.3, 0.4) is 0 Å². The van der Waals surface area contributed by atoms with E-state index in [1.54, 1.807) is 19.1 Å². The van der Waals surface area contributed by atoms with Gasteiger partial charge in [-0.1, -0.05) is 30.7 Å². The molecule has 8 nitrogen and oxygen atoms in total. The van der Waals surface area contributed by atoms with E-state index in [1.165, 1.54) is 11.3 Å². The molecule has 1 N–H and O–H groups in total. The number of ether oxygens (including phenoxy) is 2. The molecule has 1 aromatic carbocycles. The average Bonchev–Trinajstić information content (AvgIpc) is 3.32. The third kappa shape index (κ3) is 5.23. The van der Waals surface area contributed by atoms with Crippen LogP contribution in [0.15, 0.2) is 18.2 Å². The van der Waals surface area contributed by atoms with Crippen molar-refractivity contribution in [3.63, 3.8) is 0 Å². The van der Waals surface area contributed by atoms with Gasteiger partial charge in [-0.15, -0.1) is 10.2 Å². The van der Waals surface area contributed by atoms with Crippen molar-refractivity contribution < 1.29 is 19.1 Å². The fraction of sp³-hybridized carbons (Fsp3) is 0.500. The molecule has 1 aliphatic heterocycles. The Morgan fingerprint density at radius 3 is 2.79 bits per heavy atom. The minimum atomic E-state index is -0.336. The largest absolute Gasteiger partial charge is 0.493 e. The molecule has 1 atom stereocenters. The summed E-state index contributed by atoms with van der Waals surface area (Å²) in [5.74, 6) is 0.857. The zero-order valence-corrected chi connectivity index (χ0v) is 17.8. The molecule has 1 saturated heterocycles. The molecule has 2 amide bonds. The summed E-state index contributed by atoms with van der Waals surface area (Å²) in [4.78, 5) is 26.3. The minimum Gasteiger partial charge on any atom is -0.493 e. The Bertz CT molecular complexity index is 870. The number of unbranched alkanes of at least 4 members (excludes halogenated alkanes) is 1. The molecule has 0 saturated carbocycles. The molecule has 0 bridgehead atoms. The van der Waals surface area contributed by atoms with E-state index in [9.17, 15) is 9.59 Å². The highest BCUT2D eigenvalue weighted by atomic mass is 32.1. The first-order valence-corrected chi connectivity index (χ1v) is 10.5. The number of carbonyl (C=O) groups is 2. The smallest absolute Gasteiger partial charge is 0.231 e. The van der Waals surface area contributed by atoms with Crippen molar-refractivity contribution in [2.24, 2.45) is 5.92 Å². The Morgan fingerprint density at radius 2 is 2.07 bits per heavy atom. The van der Waals surface area contributed by atoms with Gasteiger partial charge in [0.2, 0.25) is 16.9 Å². The fourth-order valence-electron chi connectivity index (χ4n) is 3.26. The van der Waals surface area contributed by atoms with Gasteiger partial charge in [0.1, 0.15) is 5.01 Å². The summed E-state index contributed by atoms with van der Waals surface area (Å²) in [6, 6.07) is 5.68. The molecule has 9 heteroatoms. The standard InChI is InChI=1S/C20H26N4O4S/c1-4-5-8-24-12-14(11-18(24)25)19(26)21-20-23-22-17(29-20)10-13-6-7-15(27-2)16(9-13)28-3/h6-7,9,14H,4-5,8,10-12H2,1-3H3,(H,21,23,26)/t14-/m0/s1. The van der Waals surface area contributed by atoms with Gasteiger partial charge in [-0.3, -0.25) is 9.59 Å². The van der Waals surface area contributed by atoms with E-state index >= 15 is 0 Å². The molecule has 0 radical (unpaired) electrons. The molecule has 1 aliphatic rings. The van der Waals surface area contributed by atoms with E-state index < -0.39 is 0 Å². The zero-order valence-electron chi connectivity index (χ0n) is 16.9. The summed E-state index contributed by atoms with van der Waals surface area (Å²) >= 11 is 1.33. The second kappa shape index (κ2) is 9.69. The van der Waals surface area contributed by atoms with Crippen molar-refractivity contribution in [1.82, 2.24) is 15.1 Å². The molecule has 156 valence electrons. The summed E-state index contributed by atoms with van der Waals surface area (Å²) in [7, 11) is 3.19. The first-order valence-electron chi connectivity index (χ1n) is 9.66. The topological polar surface area (TPSA) is 93.7 Å². The monoisotopic (exact) mass is 418 g/mol. The Hall–Kier alpha value is -2.68. The predicted molar refractivity (Wildman–Crippen MR) is 110 cm³/mol. The summed E-state index contributed by atoms with van der Waals surface area (Å²) < 4.78 is 10.6. The van der Waals surface area contributed by atoms with E-state index in [-0.39, 0.29) is 24.2 Å². The SMILES string of the molecule is CCCCN1C[C@@H](C(=O)Nc2nnc(Cc3ccc(OC)c(OC)c3)s2)CC1=O. The fourth-order valence-corrected chi connectivity index (χ4v) is 4.04. The van der Waals surface area contributed by atoms with Crippen LogP contribution in [-0.2, 0) is 16.0 Å². The van der Waals surface area contributed by atoms with Gasteiger partial charge in [-0.2, -0.15) is 0 Å². The number of amides is 2. The van der Waals surface area contributed by atoms with E-state index in [2.05, 4.69) is 22.4 Å². The number of benzene rings is 1.